The molecule has 0 atom stereocenters. The number of nitrogens with zero attached hydrogens (tertiary/aromatic N) is 2. The average Bonchev–Trinajstić information content (AvgIpc) is 2.73. The second-order valence-electron chi connectivity index (χ2n) is 7.04. The average molecular weight is 395 g/mol. The summed E-state index contributed by atoms with van der Waals surface area (Å²) in [6, 6.07) is 12.2. The molecule has 7 nitrogen and oxygen atoms in total. The summed E-state index contributed by atoms with van der Waals surface area (Å²) in [6.07, 6.45) is 0. The first-order chi connectivity index (χ1) is 13.9. The van der Waals surface area contributed by atoms with Gasteiger partial charge in [0.25, 0.3) is 11.8 Å². The largest absolute Gasteiger partial charge is 0.495 e. The van der Waals surface area contributed by atoms with E-state index in [0.717, 1.165) is 5.56 Å². The van der Waals surface area contributed by atoms with Crippen LogP contribution in [0.3, 0.4) is 0 Å². The minimum Gasteiger partial charge on any atom is -0.495 e. The maximum Gasteiger partial charge on any atom is 0.255 e. The molecule has 0 radical (unpaired) electrons. The topological polar surface area (TPSA) is 79.0 Å². The molecule has 1 fully saturated rings. The van der Waals surface area contributed by atoms with Crippen molar-refractivity contribution in [2.24, 2.45) is 0 Å². The maximum atomic E-state index is 12.8. The summed E-state index contributed by atoms with van der Waals surface area (Å²) in [5, 5.41) is 2.85. The van der Waals surface area contributed by atoms with Gasteiger partial charge in [0.15, 0.2) is 0 Å². The normalized spacial score (nSPS) is 13.8. The Morgan fingerprint density at radius 3 is 2.24 bits per heavy atom. The van der Waals surface area contributed by atoms with E-state index in [0.29, 0.717) is 48.7 Å². The zero-order valence-corrected chi connectivity index (χ0v) is 16.9. The van der Waals surface area contributed by atoms with Crippen LogP contribution in [0, 0.1) is 6.92 Å². The molecule has 7 heteroatoms. The molecule has 0 spiro atoms. The highest BCUT2D eigenvalue weighted by atomic mass is 16.5. The number of nitrogens with one attached hydrogen (secondary N) is 1. The number of piperazine rings is 1. The van der Waals surface area contributed by atoms with E-state index in [2.05, 4.69) is 5.32 Å². The smallest absolute Gasteiger partial charge is 0.255 e. The summed E-state index contributed by atoms with van der Waals surface area (Å²) in [5.41, 5.74) is 2.41. The van der Waals surface area contributed by atoms with Crippen LogP contribution in [0.1, 0.15) is 33.2 Å². The van der Waals surface area contributed by atoms with Crippen molar-refractivity contribution < 1.29 is 19.1 Å². The predicted octanol–water partition coefficient (Wildman–Crippen LogP) is 2.56. The lowest BCUT2D eigenvalue weighted by molar-refractivity contribution is -0.130. The maximum absolute atomic E-state index is 12.8. The van der Waals surface area contributed by atoms with Crippen molar-refractivity contribution in [1.29, 1.82) is 0 Å². The van der Waals surface area contributed by atoms with Gasteiger partial charge in [-0.15, -0.1) is 0 Å². The third kappa shape index (κ3) is 4.74. The molecule has 0 aromatic heterocycles. The van der Waals surface area contributed by atoms with Crippen LogP contribution in [-0.4, -0.2) is 60.8 Å². The van der Waals surface area contributed by atoms with Gasteiger partial charge in [0.05, 0.1) is 12.8 Å². The molecule has 2 aromatic carbocycles. The standard InChI is InChI=1S/C22H25N3O4/c1-15-7-8-20(29-3)19(13-15)23-21(27)17-5-4-6-18(14-17)22(28)25-11-9-24(10-12-25)16(2)26/h4-8,13-14H,9-12H2,1-3H3,(H,23,27). The third-order valence-electron chi connectivity index (χ3n) is 4.99. The quantitative estimate of drug-likeness (QED) is 0.863. The van der Waals surface area contributed by atoms with Gasteiger partial charge in [0, 0.05) is 44.2 Å². The van der Waals surface area contributed by atoms with E-state index in [9.17, 15) is 14.4 Å². The van der Waals surface area contributed by atoms with Crippen molar-refractivity contribution in [3.63, 3.8) is 0 Å². The number of benzene rings is 2. The number of carbonyl (C=O) groups excluding carboxylic acids is 3. The monoisotopic (exact) mass is 395 g/mol. The van der Waals surface area contributed by atoms with Crippen LogP contribution < -0.4 is 10.1 Å². The van der Waals surface area contributed by atoms with Crippen LogP contribution in [0.4, 0.5) is 5.69 Å². The van der Waals surface area contributed by atoms with Gasteiger partial charge in [-0.25, -0.2) is 0 Å². The van der Waals surface area contributed by atoms with E-state index < -0.39 is 0 Å². The summed E-state index contributed by atoms with van der Waals surface area (Å²) in [4.78, 5) is 40.4. The van der Waals surface area contributed by atoms with Gasteiger partial charge < -0.3 is 19.9 Å². The second-order valence-corrected chi connectivity index (χ2v) is 7.04. The molecular weight excluding hydrogens is 370 g/mol. The van der Waals surface area contributed by atoms with Crippen LogP contribution in [0.5, 0.6) is 5.75 Å². The molecule has 2 aromatic rings. The first-order valence-electron chi connectivity index (χ1n) is 9.50. The summed E-state index contributed by atoms with van der Waals surface area (Å²) in [6.45, 7) is 5.47. The van der Waals surface area contributed by atoms with Crippen molar-refractivity contribution in [2.45, 2.75) is 13.8 Å². The number of anilines is 1. The highest BCUT2D eigenvalue weighted by molar-refractivity contribution is 6.06. The first kappa shape index (κ1) is 20.4. The minimum atomic E-state index is -0.315. The zero-order valence-electron chi connectivity index (χ0n) is 16.9. The van der Waals surface area contributed by atoms with Gasteiger partial charge in [-0.3, -0.25) is 14.4 Å². The Kier molecular flexibility index (Phi) is 6.16. The number of rotatable bonds is 4. The molecule has 152 valence electrons. The number of aryl methyl sites for hydroxylation is 1. The molecule has 1 aliphatic rings. The number of hydrogen-bond acceptors (Lipinski definition) is 4. The van der Waals surface area contributed by atoms with Gasteiger partial charge in [-0.05, 0) is 42.8 Å². The van der Waals surface area contributed by atoms with Crippen LogP contribution in [0.15, 0.2) is 42.5 Å². The van der Waals surface area contributed by atoms with Crippen molar-refractivity contribution >= 4 is 23.4 Å². The number of amides is 3. The number of ether oxygens (including phenoxy) is 1. The molecule has 1 N–H and O–H groups in total. The molecule has 0 aliphatic carbocycles. The van der Waals surface area contributed by atoms with Gasteiger partial charge in [-0.1, -0.05) is 12.1 Å². The molecule has 3 rings (SSSR count). The molecule has 29 heavy (non-hydrogen) atoms. The van der Waals surface area contributed by atoms with Crippen molar-refractivity contribution in [3.8, 4) is 5.75 Å². The van der Waals surface area contributed by atoms with Crippen LogP contribution in [-0.2, 0) is 4.79 Å². The molecular formula is C22H25N3O4. The fourth-order valence-electron chi connectivity index (χ4n) is 3.31. The van der Waals surface area contributed by atoms with Crippen LogP contribution in [0.25, 0.3) is 0 Å². The van der Waals surface area contributed by atoms with Crippen molar-refractivity contribution in [3.05, 3.63) is 59.2 Å². The lowest BCUT2D eigenvalue weighted by Crippen LogP contribution is -2.50. The Balaban J connectivity index is 1.72. The van der Waals surface area contributed by atoms with E-state index in [1.165, 1.54) is 6.92 Å². The number of hydrogen-bond donors (Lipinski definition) is 1. The van der Waals surface area contributed by atoms with Gasteiger partial charge in [0.2, 0.25) is 5.91 Å². The van der Waals surface area contributed by atoms with Crippen molar-refractivity contribution in [2.75, 3.05) is 38.6 Å². The van der Waals surface area contributed by atoms with Crippen LogP contribution >= 0.6 is 0 Å². The van der Waals surface area contributed by atoms with E-state index in [1.807, 2.05) is 19.1 Å². The van der Waals surface area contributed by atoms with E-state index in [4.69, 9.17) is 4.74 Å². The highest BCUT2D eigenvalue weighted by Gasteiger charge is 2.23. The molecule has 1 saturated heterocycles. The Hall–Kier alpha value is -3.35. The molecule has 0 bridgehead atoms. The molecule has 0 saturated carbocycles. The third-order valence-corrected chi connectivity index (χ3v) is 4.99. The minimum absolute atomic E-state index is 0.0161. The van der Waals surface area contributed by atoms with E-state index in [1.54, 1.807) is 47.2 Å². The molecule has 1 heterocycles. The zero-order chi connectivity index (χ0) is 21.0. The van der Waals surface area contributed by atoms with Gasteiger partial charge in [0.1, 0.15) is 5.75 Å². The number of carbonyl (C=O) groups is 3. The lowest BCUT2D eigenvalue weighted by Gasteiger charge is -2.34. The summed E-state index contributed by atoms with van der Waals surface area (Å²) >= 11 is 0. The van der Waals surface area contributed by atoms with E-state index in [-0.39, 0.29) is 17.7 Å². The summed E-state index contributed by atoms with van der Waals surface area (Å²) in [5.74, 6) is 0.128. The lowest BCUT2D eigenvalue weighted by atomic mass is 10.1. The first-order valence-corrected chi connectivity index (χ1v) is 9.50. The Bertz CT molecular complexity index is 933. The Morgan fingerprint density at radius 1 is 0.931 bits per heavy atom. The molecule has 0 unspecified atom stereocenters. The van der Waals surface area contributed by atoms with Crippen molar-refractivity contribution in [1.82, 2.24) is 9.80 Å². The number of methoxy groups -OCH3 is 1. The van der Waals surface area contributed by atoms with Gasteiger partial charge >= 0.3 is 0 Å². The molecule has 3 amide bonds. The predicted molar refractivity (Wildman–Crippen MR) is 110 cm³/mol. The van der Waals surface area contributed by atoms with E-state index >= 15 is 0 Å². The summed E-state index contributed by atoms with van der Waals surface area (Å²) < 4.78 is 5.30. The Labute approximate surface area is 170 Å². The van der Waals surface area contributed by atoms with Crippen LogP contribution in [0.2, 0.25) is 0 Å². The molecule has 1 aliphatic heterocycles. The summed E-state index contributed by atoms with van der Waals surface area (Å²) in [7, 11) is 1.55. The SMILES string of the molecule is COc1ccc(C)cc1NC(=O)c1cccc(C(=O)N2CCN(C(C)=O)CC2)c1. The van der Waals surface area contributed by atoms with Gasteiger partial charge in [-0.2, -0.15) is 0 Å². The fraction of sp³-hybridized carbons (Fsp3) is 0.318. The second kappa shape index (κ2) is 8.77. The Morgan fingerprint density at radius 2 is 1.59 bits per heavy atom. The fourth-order valence-corrected chi connectivity index (χ4v) is 3.31. The highest BCUT2D eigenvalue weighted by Crippen LogP contribution is 2.26.